The van der Waals surface area contributed by atoms with Crippen LogP contribution in [0, 0.1) is 11.8 Å². The number of carbonyl (C=O) groups excluding carboxylic acids is 1. The van der Waals surface area contributed by atoms with Gasteiger partial charge in [-0.05, 0) is 47.9 Å². The summed E-state index contributed by atoms with van der Waals surface area (Å²) in [7, 11) is -2.63. The normalized spacial score (nSPS) is 33.0. The van der Waals surface area contributed by atoms with Gasteiger partial charge < -0.3 is 76.5 Å². The van der Waals surface area contributed by atoms with Crippen molar-refractivity contribution in [2.24, 2.45) is 11.8 Å². The summed E-state index contributed by atoms with van der Waals surface area (Å²) < 4.78 is 72.4. The molecule has 0 bridgehead atoms. The minimum atomic E-state index is -5.32. The van der Waals surface area contributed by atoms with Crippen LogP contribution in [0.25, 0.3) is 0 Å². The summed E-state index contributed by atoms with van der Waals surface area (Å²) in [6, 6.07) is 6.66. The molecular formula is C30H33NaO17P-. The van der Waals surface area contributed by atoms with Crippen molar-refractivity contribution >= 4 is 13.8 Å². The maximum Gasteiger partial charge on any atom is 1.00 e. The van der Waals surface area contributed by atoms with Crippen LogP contribution in [0.15, 0.2) is 24.3 Å². The molecule has 7 rings (SSSR count). The van der Waals surface area contributed by atoms with Crippen molar-refractivity contribution in [3.05, 3.63) is 41.0 Å². The van der Waals surface area contributed by atoms with Gasteiger partial charge in [-0.3, -0.25) is 4.79 Å². The molecule has 0 spiro atoms. The maximum absolute atomic E-state index is 13.5. The third kappa shape index (κ3) is 6.90. The molecule has 49 heavy (non-hydrogen) atoms. The zero-order valence-corrected chi connectivity index (χ0v) is 29.8. The second-order valence-electron chi connectivity index (χ2n) is 11.8. The van der Waals surface area contributed by atoms with Gasteiger partial charge in [-0.15, -0.1) is 0 Å². The Balaban J connectivity index is 0.00000417. The summed E-state index contributed by atoms with van der Waals surface area (Å²) in [4.78, 5) is 35.5. The topological polar surface area (TPSA) is 222 Å². The molecule has 0 amide bonds. The molecule has 4 heterocycles. The minimum absolute atomic E-state index is 0. The number of hydrogen-bond donors (Lipinski definition) is 2. The van der Waals surface area contributed by atoms with Crippen LogP contribution in [0.2, 0.25) is 0 Å². The van der Waals surface area contributed by atoms with Gasteiger partial charge in [-0.1, -0.05) is 0 Å². The van der Waals surface area contributed by atoms with Crippen LogP contribution in [0.4, 0.5) is 0 Å². The van der Waals surface area contributed by atoms with Crippen LogP contribution in [0.5, 0.6) is 28.7 Å². The van der Waals surface area contributed by atoms with Crippen molar-refractivity contribution in [3.63, 3.8) is 0 Å². The quantitative estimate of drug-likeness (QED) is 0.113. The van der Waals surface area contributed by atoms with Crippen LogP contribution in [0.1, 0.15) is 35.6 Å². The minimum Gasteiger partial charge on any atom is -0.790 e. The van der Waals surface area contributed by atoms with E-state index in [1.165, 1.54) is 14.2 Å². The molecule has 262 valence electrons. The Morgan fingerprint density at radius 1 is 0.939 bits per heavy atom. The molecular weight excluding hydrogens is 686 g/mol. The fraction of sp³-hybridized carbons (Fsp3) is 0.567. The molecule has 0 radical (unpaired) electrons. The Morgan fingerprint density at radius 2 is 1.61 bits per heavy atom. The van der Waals surface area contributed by atoms with E-state index in [4.69, 9.17) is 47.4 Å². The average Bonchev–Trinajstić information content (AvgIpc) is 3.68. The molecule has 17 nitrogen and oxygen atoms in total. The zero-order chi connectivity index (χ0) is 33.9. The first-order valence-electron chi connectivity index (χ1n) is 15.1. The largest absolute Gasteiger partial charge is 1.00 e. The molecule has 3 fully saturated rings. The van der Waals surface area contributed by atoms with Gasteiger partial charge in [0.05, 0.1) is 47.3 Å². The second kappa shape index (κ2) is 14.4. The van der Waals surface area contributed by atoms with Crippen LogP contribution >= 0.6 is 7.82 Å². The van der Waals surface area contributed by atoms with Crippen molar-refractivity contribution in [3.8, 4) is 28.7 Å². The molecule has 3 saturated heterocycles. The predicted octanol–water partition coefficient (Wildman–Crippen LogP) is -3.18. The Morgan fingerprint density at radius 3 is 2.27 bits per heavy atom. The van der Waals surface area contributed by atoms with E-state index >= 15 is 0 Å². The summed E-state index contributed by atoms with van der Waals surface area (Å²) in [6.45, 7) is 0.795. The van der Waals surface area contributed by atoms with E-state index in [1.807, 2.05) is 0 Å². The zero-order valence-electron chi connectivity index (χ0n) is 26.9. The number of rotatable bonds is 9. The van der Waals surface area contributed by atoms with Crippen molar-refractivity contribution in [2.75, 3.05) is 41.0 Å². The number of carbonyl (C=O) groups is 1. The molecule has 5 aliphatic rings. The van der Waals surface area contributed by atoms with Gasteiger partial charge in [0.1, 0.15) is 24.4 Å². The van der Waals surface area contributed by atoms with Gasteiger partial charge in [-0.2, -0.15) is 0 Å². The van der Waals surface area contributed by atoms with Gasteiger partial charge in [0.25, 0.3) is 0 Å². The van der Waals surface area contributed by atoms with E-state index < -0.39 is 81.4 Å². The number of phosphoric acid groups is 1. The molecule has 4 aliphatic heterocycles. The number of hydrogen-bond acceptors (Lipinski definition) is 17. The summed E-state index contributed by atoms with van der Waals surface area (Å²) >= 11 is 0. The Bertz CT molecular complexity index is 1580. The van der Waals surface area contributed by atoms with Gasteiger partial charge in [0.15, 0.2) is 42.4 Å². The Hall–Kier alpha value is -2.22. The van der Waals surface area contributed by atoms with Gasteiger partial charge >= 0.3 is 35.5 Å². The smallest absolute Gasteiger partial charge is 0.790 e. The average molecular weight is 720 g/mol. The van der Waals surface area contributed by atoms with E-state index in [1.54, 1.807) is 31.2 Å². The van der Waals surface area contributed by atoms with E-state index in [-0.39, 0.29) is 66.8 Å². The number of cyclic esters (lactones) is 1. The van der Waals surface area contributed by atoms with Gasteiger partial charge in [-0.25, -0.2) is 0 Å². The summed E-state index contributed by atoms with van der Waals surface area (Å²) in [5, 5.41) is 22.1. The van der Waals surface area contributed by atoms with Crippen LogP contribution in [-0.4, -0.2) is 94.2 Å². The monoisotopic (exact) mass is 719 g/mol. The number of esters is 1. The van der Waals surface area contributed by atoms with E-state index in [0.29, 0.717) is 28.2 Å². The standard InChI is InChI=1S/C30H35O17P.Na/c1-12-39-9-21-28(45-12)24(31)25(32)30(46-21)47-26-15-7-18-17(41-10-42-18)6-14(15)22(23-16(26)8-40-29(23)33)13-4-19(37-2)27(20(5-13)38-3)43-11-44-48(34,35)36;/h4-7,12,16,21-26,28,30-32H,8-11H2,1-3H3,(H2,34,35,36);/q;+1/p-2/t12?,16-,21+,22?,23-,24?,25?,26?,28?,30?;/m0./s1. The molecule has 1 aliphatic carbocycles. The Labute approximate surface area is 302 Å². The number of ether oxygens (including phenoxy) is 10. The van der Waals surface area contributed by atoms with Gasteiger partial charge in [0, 0.05) is 11.8 Å². The van der Waals surface area contributed by atoms with Crippen molar-refractivity contribution in [2.45, 2.75) is 55.9 Å². The molecule has 2 aromatic rings. The first-order chi connectivity index (χ1) is 23.0. The first kappa shape index (κ1) is 36.6. The number of benzene rings is 2. The van der Waals surface area contributed by atoms with E-state index in [9.17, 15) is 29.4 Å². The van der Waals surface area contributed by atoms with Crippen molar-refractivity contribution < 1.29 is 111 Å². The van der Waals surface area contributed by atoms with Crippen LogP contribution < -0.4 is 63.0 Å². The predicted molar refractivity (Wildman–Crippen MR) is 151 cm³/mol. The third-order valence-corrected chi connectivity index (χ3v) is 9.56. The van der Waals surface area contributed by atoms with Crippen molar-refractivity contribution in [1.29, 1.82) is 0 Å². The fourth-order valence-electron chi connectivity index (χ4n) is 7.01. The molecule has 0 aromatic heterocycles. The van der Waals surface area contributed by atoms with Gasteiger partial charge in [0.2, 0.25) is 12.5 Å². The maximum atomic E-state index is 13.5. The molecule has 10 atom stereocenters. The number of methoxy groups -OCH3 is 2. The fourth-order valence-corrected chi connectivity index (χ4v) is 7.20. The molecule has 0 saturated carbocycles. The summed E-state index contributed by atoms with van der Waals surface area (Å²) in [5.74, 6) is -1.64. The Kier molecular flexibility index (Phi) is 10.8. The van der Waals surface area contributed by atoms with Crippen molar-refractivity contribution in [1.82, 2.24) is 0 Å². The SMILES string of the molecule is COc1cc(C2c3cc4c(cc3C(OC3O[C@@H]5COC(C)OC5C(O)C3O)[C@H]3COC(=O)[C@H]23)OCO4)cc(OC)c1OCOP(=O)([O-])[O-].[Na+]. The summed E-state index contributed by atoms with van der Waals surface area (Å²) in [5.41, 5.74) is 1.72. The third-order valence-electron chi connectivity index (χ3n) is 9.14. The first-order valence-corrected chi connectivity index (χ1v) is 16.5. The number of aliphatic hydroxyl groups excluding tert-OH is 2. The van der Waals surface area contributed by atoms with E-state index in [0.717, 1.165) is 0 Å². The molecule has 7 unspecified atom stereocenters. The van der Waals surface area contributed by atoms with E-state index in [2.05, 4.69) is 4.52 Å². The van der Waals surface area contributed by atoms with Crippen LogP contribution in [-0.2, 0) is 37.6 Å². The summed E-state index contributed by atoms with van der Waals surface area (Å²) in [6.07, 6.45) is -7.20. The molecule has 19 heteroatoms. The number of fused-ring (bicyclic) bond motifs is 4. The number of phosphoric ester groups is 1. The molecule has 2 aromatic carbocycles. The molecule has 2 N–H and O–H groups in total. The number of aliphatic hydroxyl groups is 2. The van der Waals surface area contributed by atoms with Crippen LogP contribution in [0.3, 0.4) is 0 Å². The second-order valence-corrected chi connectivity index (χ2v) is 13.0.